The Bertz CT molecular complexity index is 633. The van der Waals surface area contributed by atoms with Crippen molar-refractivity contribution in [3.8, 4) is 5.75 Å². The average Bonchev–Trinajstić information content (AvgIpc) is 2.36. The van der Waals surface area contributed by atoms with Crippen LogP contribution in [-0.2, 0) is 4.79 Å². The van der Waals surface area contributed by atoms with E-state index in [4.69, 9.17) is 9.84 Å². The maximum absolute atomic E-state index is 10.7. The Kier molecular flexibility index (Phi) is 3.84. The Balaban J connectivity index is 2.50. The molecule has 0 bridgehead atoms. The maximum Gasteiger partial charge on any atom is 0.323 e. The van der Waals surface area contributed by atoms with Crippen LogP contribution in [0.4, 0.5) is 5.95 Å². The van der Waals surface area contributed by atoms with Crippen LogP contribution >= 0.6 is 15.9 Å². The number of halogens is 1. The van der Waals surface area contributed by atoms with Crippen LogP contribution in [0, 0.1) is 0 Å². The van der Waals surface area contributed by atoms with E-state index in [9.17, 15) is 4.79 Å². The fourth-order valence-electron chi connectivity index (χ4n) is 1.68. The Morgan fingerprint density at radius 2 is 2.26 bits per heavy atom. The summed E-state index contributed by atoms with van der Waals surface area (Å²) in [6.07, 6.45) is 1.64. The van der Waals surface area contributed by atoms with Crippen molar-refractivity contribution in [3.05, 3.63) is 22.8 Å². The van der Waals surface area contributed by atoms with Gasteiger partial charge in [-0.3, -0.25) is 4.79 Å². The molecule has 0 aliphatic rings. The lowest BCUT2D eigenvalue weighted by molar-refractivity contribution is -0.135. The molecule has 0 unspecified atom stereocenters. The molecule has 0 aliphatic carbocycles. The lowest BCUT2D eigenvalue weighted by atomic mass is 10.2. The van der Waals surface area contributed by atoms with Crippen LogP contribution in [0.1, 0.15) is 0 Å². The average molecular weight is 326 g/mol. The second-order valence-electron chi connectivity index (χ2n) is 3.97. The van der Waals surface area contributed by atoms with Crippen molar-refractivity contribution in [1.82, 2.24) is 9.97 Å². The molecule has 0 saturated heterocycles. The van der Waals surface area contributed by atoms with Gasteiger partial charge in [0, 0.05) is 23.1 Å². The van der Waals surface area contributed by atoms with E-state index in [1.54, 1.807) is 26.4 Å². The number of carbonyl (C=O) groups is 1. The predicted octanol–water partition coefficient (Wildman–Crippen LogP) is 1.92. The van der Waals surface area contributed by atoms with E-state index in [0.29, 0.717) is 17.2 Å². The van der Waals surface area contributed by atoms with Gasteiger partial charge in [0.2, 0.25) is 5.95 Å². The van der Waals surface area contributed by atoms with Gasteiger partial charge in [0.05, 0.1) is 7.11 Å². The zero-order valence-corrected chi connectivity index (χ0v) is 12.0. The second kappa shape index (κ2) is 5.40. The number of nitrogens with zero attached hydrogens (tertiary/aromatic N) is 3. The first kappa shape index (κ1) is 13.5. The van der Waals surface area contributed by atoms with Crippen molar-refractivity contribution in [2.75, 3.05) is 25.6 Å². The third kappa shape index (κ3) is 2.93. The Morgan fingerprint density at radius 1 is 1.53 bits per heavy atom. The van der Waals surface area contributed by atoms with Gasteiger partial charge >= 0.3 is 5.97 Å². The summed E-state index contributed by atoms with van der Waals surface area (Å²) in [4.78, 5) is 20.6. The first-order valence-corrected chi connectivity index (χ1v) is 6.24. The first-order chi connectivity index (χ1) is 9.01. The maximum atomic E-state index is 10.7. The summed E-state index contributed by atoms with van der Waals surface area (Å²) in [5.41, 5.74) is 0.646. The summed E-state index contributed by atoms with van der Waals surface area (Å²) < 4.78 is 6.14. The summed E-state index contributed by atoms with van der Waals surface area (Å²) in [6.45, 7) is -0.162. The number of aromatic nitrogens is 2. The molecule has 7 heteroatoms. The van der Waals surface area contributed by atoms with Crippen molar-refractivity contribution in [3.63, 3.8) is 0 Å². The van der Waals surface area contributed by atoms with E-state index in [2.05, 4.69) is 25.9 Å². The smallest absolute Gasteiger partial charge is 0.323 e. The molecule has 0 fully saturated rings. The van der Waals surface area contributed by atoms with E-state index in [-0.39, 0.29) is 6.54 Å². The number of rotatable bonds is 4. The zero-order valence-electron chi connectivity index (χ0n) is 10.4. The Hall–Kier alpha value is -1.89. The Morgan fingerprint density at radius 3 is 2.89 bits per heavy atom. The molecular formula is C12H12BrN3O3. The highest BCUT2D eigenvalue weighted by atomic mass is 79.9. The number of likely N-dealkylation sites (N-methyl/N-ethyl adjacent to an activating group) is 1. The van der Waals surface area contributed by atoms with Crippen LogP contribution in [0.15, 0.2) is 22.8 Å². The molecule has 1 heterocycles. The van der Waals surface area contributed by atoms with E-state index in [0.717, 1.165) is 9.86 Å². The zero-order chi connectivity index (χ0) is 14.0. The predicted molar refractivity (Wildman–Crippen MR) is 74.7 cm³/mol. The third-order valence-electron chi connectivity index (χ3n) is 2.53. The molecular weight excluding hydrogens is 314 g/mol. The summed E-state index contributed by atoms with van der Waals surface area (Å²) >= 11 is 3.38. The largest absolute Gasteiger partial charge is 0.494 e. The number of hydrogen-bond donors (Lipinski definition) is 1. The van der Waals surface area contributed by atoms with Gasteiger partial charge in [-0.15, -0.1) is 0 Å². The second-order valence-corrected chi connectivity index (χ2v) is 4.88. The van der Waals surface area contributed by atoms with Crippen molar-refractivity contribution in [1.29, 1.82) is 0 Å². The van der Waals surface area contributed by atoms with Gasteiger partial charge in [0.25, 0.3) is 0 Å². The molecule has 6 nitrogen and oxygen atoms in total. The fraction of sp³-hybridized carbons (Fsp3) is 0.250. The highest BCUT2D eigenvalue weighted by Crippen LogP contribution is 2.29. The number of anilines is 1. The molecule has 2 rings (SSSR count). The number of benzene rings is 1. The van der Waals surface area contributed by atoms with E-state index in [1.807, 2.05) is 6.07 Å². The quantitative estimate of drug-likeness (QED) is 0.925. The number of ether oxygens (including phenoxy) is 1. The molecule has 0 spiro atoms. The van der Waals surface area contributed by atoms with E-state index in [1.165, 1.54) is 4.90 Å². The van der Waals surface area contributed by atoms with Crippen LogP contribution in [0.2, 0.25) is 0 Å². The number of aliphatic carboxylic acids is 1. The highest BCUT2D eigenvalue weighted by molar-refractivity contribution is 9.10. The van der Waals surface area contributed by atoms with Gasteiger partial charge in [0.15, 0.2) is 0 Å². The lowest BCUT2D eigenvalue weighted by Crippen LogP contribution is -2.26. The molecule has 100 valence electrons. The number of fused-ring (bicyclic) bond motifs is 1. The van der Waals surface area contributed by atoms with Crippen molar-refractivity contribution in [2.24, 2.45) is 0 Å². The van der Waals surface area contributed by atoms with Gasteiger partial charge in [-0.25, -0.2) is 9.97 Å². The number of methoxy groups -OCH3 is 1. The molecule has 0 atom stereocenters. The molecule has 19 heavy (non-hydrogen) atoms. The SMILES string of the molecule is COc1cc(Br)cc2cnc(N(C)CC(=O)O)nc12. The first-order valence-electron chi connectivity index (χ1n) is 5.44. The van der Waals surface area contributed by atoms with Crippen LogP contribution in [-0.4, -0.2) is 41.7 Å². The molecule has 0 amide bonds. The number of carboxylic acids is 1. The minimum atomic E-state index is -0.936. The normalized spacial score (nSPS) is 10.5. The van der Waals surface area contributed by atoms with Gasteiger partial charge in [-0.1, -0.05) is 15.9 Å². The summed E-state index contributed by atoms with van der Waals surface area (Å²) in [6, 6.07) is 3.68. The molecule has 2 aromatic rings. The van der Waals surface area contributed by atoms with Crippen LogP contribution in [0.5, 0.6) is 5.75 Å². The van der Waals surface area contributed by atoms with Crippen molar-refractivity contribution < 1.29 is 14.6 Å². The standard InChI is InChI=1S/C12H12BrN3O3/c1-16(6-10(17)18)12-14-5-7-3-8(13)4-9(19-2)11(7)15-12/h3-5H,6H2,1-2H3,(H,17,18). The minimum Gasteiger partial charge on any atom is -0.494 e. The summed E-state index contributed by atoms with van der Waals surface area (Å²) in [5.74, 6) is 0.0150. The van der Waals surface area contributed by atoms with E-state index >= 15 is 0 Å². The number of hydrogen-bond acceptors (Lipinski definition) is 5. The highest BCUT2D eigenvalue weighted by Gasteiger charge is 2.12. The number of carboxylic acid groups (broad SMARTS) is 1. The lowest BCUT2D eigenvalue weighted by Gasteiger charge is -2.15. The van der Waals surface area contributed by atoms with Crippen molar-refractivity contribution in [2.45, 2.75) is 0 Å². The molecule has 1 aromatic heterocycles. The minimum absolute atomic E-state index is 0.162. The monoisotopic (exact) mass is 325 g/mol. The molecule has 1 aromatic carbocycles. The van der Waals surface area contributed by atoms with Gasteiger partial charge in [-0.05, 0) is 12.1 Å². The fourth-order valence-corrected chi connectivity index (χ4v) is 2.14. The molecule has 0 aliphatic heterocycles. The summed E-state index contributed by atoms with van der Waals surface area (Å²) in [5, 5.41) is 9.59. The van der Waals surface area contributed by atoms with Gasteiger partial charge in [-0.2, -0.15) is 0 Å². The van der Waals surface area contributed by atoms with Gasteiger partial charge < -0.3 is 14.7 Å². The molecule has 0 radical (unpaired) electrons. The van der Waals surface area contributed by atoms with Crippen molar-refractivity contribution >= 4 is 38.8 Å². The molecule has 1 N–H and O–H groups in total. The topological polar surface area (TPSA) is 75.5 Å². The Labute approximate surface area is 118 Å². The van der Waals surface area contributed by atoms with Crippen LogP contribution < -0.4 is 9.64 Å². The van der Waals surface area contributed by atoms with E-state index < -0.39 is 5.97 Å². The van der Waals surface area contributed by atoms with Gasteiger partial charge in [0.1, 0.15) is 17.8 Å². The summed E-state index contributed by atoms with van der Waals surface area (Å²) in [7, 11) is 3.19. The molecule has 0 saturated carbocycles. The third-order valence-corrected chi connectivity index (χ3v) is 2.99. The van der Waals surface area contributed by atoms with Crippen LogP contribution in [0.3, 0.4) is 0 Å². The van der Waals surface area contributed by atoms with Crippen LogP contribution in [0.25, 0.3) is 10.9 Å².